The Kier molecular flexibility index (Phi) is 6.21. The molecule has 1 aliphatic rings. The van der Waals surface area contributed by atoms with Crippen molar-refractivity contribution in [2.45, 2.75) is 46.2 Å². The Morgan fingerprint density at radius 1 is 1.50 bits per heavy atom. The average molecular weight is 244 g/mol. The number of hydrogen-bond donors (Lipinski definition) is 1. The number of amidine groups is 1. The van der Waals surface area contributed by atoms with Crippen LogP contribution in [0.3, 0.4) is 0 Å². The molecular weight excluding hydrogens is 220 g/mol. The molecule has 0 amide bonds. The van der Waals surface area contributed by atoms with Crippen LogP contribution in [-0.4, -0.2) is 36.2 Å². The molecule has 94 valence electrons. The molecule has 1 rings (SSSR count). The summed E-state index contributed by atoms with van der Waals surface area (Å²) >= 11 is 1.83. The smallest absolute Gasteiger partial charge is 0.157 e. The normalized spacial score (nSPS) is 23.1. The van der Waals surface area contributed by atoms with E-state index in [9.17, 15) is 0 Å². The molecule has 2 unspecified atom stereocenters. The van der Waals surface area contributed by atoms with Crippen molar-refractivity contribution in [1.82, 2.24) is 5.32 Å². The molecule has 1 heterocycles. The van der Waals surface area contributed by atoms with Crippen LogP contribution in [0.1, 0.15) is 34.1 Å². The van der Waals surface area contributed by atoms with Crippen molar-refractivity contribution < 1.29 is 4.74 Å². The Bertz CT molecular complexity index is 231. The first-order chi connectivity index (χ1) is 7.63. The monoisotopic (exact) mass is 244 g/mol. The van der Waals surface area contributed by atoms with Gasteiger partial charge in [-0.2, -0.15) is 0 Å². The molecule has 0 bridgehead atoms. The quantitative estimate of drug-likeness (QED) is 0.807. The van der Waals surface area contributed by atoms with Crippen LogP contribution in [-0.2, 0) is 4.74 Å². The van der Waals surface area contributed by atoms with Gasteiger partial charge in [-0.1, -0.05) is 25.6 Å². The summed E-state index contributed by atoms with van der Waals surface area (Å²) in [5.41, 5.74) is 0. The summed E-state index contributed by atoms with van der Waals surface area (Å²) in [5, 5.41) is 4.52. The average Bonchev–Trinajstić information content (AvgIpc) is 2.26. The summed E-state index contributed by atoms with van der Waals surface area (Å²) in [6, 6.07) is 0.833. The number of ether oxygens (including phenoxy) is 1. The number of aliphatic imine (C=N–C) groups is 1. The predicted octanol–water partition coefficient (Wildman–Crippen LogP) is 2.52. The fourth-order valence-corrected chi connectivity index (χ4v) is 2.68. The molecule has 0 fully saturated rings. The minimum atomic E-state index is 0.345. The number of nitrogens with zero attached hydrogens (tertiary/aromatic N) is 1. The van der Waals surface area contributed by atoms with Crippen LogP contribution in [0.5, 0.6) is 0 Å². The van der Waals surface area contributed by atoms with Gasteiger partial charge in [-0.3, -0.25) is 4.99 Å². The van der Waals surface area contributed by atoms with Gasteiger partial charge in [0, 0.05) is 18.4 Å². The van der Waals surface area contributed by atoms with Crippen LogP contribution in [0.2, 0.25) is 0 Å². The lowest BCUT2D eigenvalue weighted by atomic mass is 10.0. The Morgan fingerprint density at radius 2 is 2.25 bits per heavy atom. The van der Waals surface area contributed by atoms with E-state index in [0.29, 0.717) is 18.0 Å². The highest BCUT2D eigenvalue weighted by Gasteiger charge is 2.19. The third-order valence-electron chi connectivity index (χ3n) is 2.65. The van der Waals surface area contributed by atoms with Gasteiger partial charge >= 0.3 is 0 Å². The summed E-state index contributed by atoms with van der Waals surface area (Å²) in [5.74, 6) is 1.82. The van der Waals surface area contributed by atoms with E-state index in [4.69, 9.17) is 9.73 Å². The number of nitrogens with one attached hydrogen (secondary N) is 1. The van der Waals surface area contributed by atoms with E-state index >= 15 is 0 Å². The molecule has 0 spiro atoms. The Labute approximate surface area is 103 Å². The molecule has 3 nitrogen and oxygen atoms in total. The van der Waals surface area contributed by atoms with Crippen LogP contribution < -0.4 is 5.32 Å². The second-order valence-corrected chi connectivity index (χ2v) is 5.67. The fourth-order valence-electron chi connectivity index (χ4n) is 1.64. The van der Waals surface area contributed by atoms with Gasteiger partial charge in [0.15, 0.2) is 5.17 Å². The lowest BCUT2D eigenvalue weighted by molar-refractivity contribution is 0.132. The third kappa shape index (κ3) is 4.74. The molecule has 0 aromatic heterocycles. The van der Waals surface area contributed by atoms with Gasteiger partial charge in [-0.15, -0.1) is 0 Å². The molecule has 4 heteroatoms. The van der Waals surface area contributed by atoms with Crippen LogP contribution in [0.15, 0.2) is 4.99 Å². The molecule has 0 aromatic carbocycles. The molecule has 0 saturated carbocycles. The Balaban J connectivity index is 2.40. The molecule has 1 N–H and O–H groups in total. The minimum Gasteiger partial charge on any atom is -0.380 e. The lowest BCUT2D eigenvalue weighted by Crippen LogP contribution is -2.37. The molecule has 16 heavy (non-hydrogen) atoms. The largest absolute Gasteiger partial charge is 0.380 e. The molecule has 0 saturated heterocycles. The Hall–Kier alpha value is -0.220. The highest BCUT2D eigenvalue weighted by Crippen LogP contribution is 2.21. The number of rotatable bonds is 5. The zero-order chi connectivity index (χ0) is 12.0. The highest BCUT2D eigenvalue weighted by molar-refractivity contribution is 8.13. The van der Waals surface area contributed by atoms with Crippen LogP contribution in [0, 0.1) is 5.92 Å². The second-order valence-electron chi connectivity index (χ2n) is 4.59. The summed E-state index contributed by atoms with van der Waals surface area (Å²) < 4.78 is 5.38. The summed E-state index contributed by atoms with van der Waals surface area (Å²) in [6.45, 7) is 10.2. The van der Waals surface area contributed by atoms with Crippen LogP contribution in [0.25, 0.3) is 0 Å². The first-order valence-corrected chi connectivity index (χ1v) is 7.17. The topological polar surface area (TPSA) is 33.6 Å². The fraction of sp³-hybridized carbons (Fsp3) is 0.917. The zero-order valence-electron chi connectivity index (χ0n) is 10.8. The first-order valence-electron chi connectivity index (χ1n) is 6.18. The van der Waals surface area contributed by atoms with E-state index in [1.807, 2.05) is 18.7 Å². The van der Waals surface area contributed by atoms with Crippen LogP contribution >= 0.6 is 11.8 Å². The Morgan fingerprint density at radius 3 is 2.88 bits per heavy atom. The maximum absolute atomic E-state index is 5.38. The number of thioether (sulfide) groups is 1. The van der Waals surface area contributed by atoms with Crippen molar-refractivity contribution in [3.05, 3.63) is 0 Å². The number of hydrogen-bond acceptors (Lipinski definition) is 4. The van der Waals surface area contributed by atoms with Gasteiger partial charge in [0.2, 0.25) is 0 Å². The molecular formula is C12H24N2OS. The first kappa shape index (κ1) is 13.8. The van der Waals surface area contributed by atoms with Crippen molar-refractivity contribution in [2.24, 2.45) is 10.9 Å². The van der Waals surface area contributed by atoms with Gasteiger partial charge in [0.1, 0.15) is 0 Å². The summed E-state index contributed by atoms with van der Waals surface area (Å²) in [4.78, 5) is 4.74. The van der Waals surface area contributed by atoms with E-state index in [-0.39, 0.29) is 0 Å². The minimum absolute atomic E-state index is 0.345. The molecule has 0 aliphatic carbocycles. The summed E-state index contributed by atoms with van der Waals surface area (Å²) in [6.07, 6.45) is 1.20. The van der Waals surface area contributed by atoms with Gasteiger partial charge in [-0.05, 0) is 26.2 Å². The van der Waals surface area contributed by atoms with E-state index in [1.54, 1.807) is 0 Å². The second kappa shape index (κ2) is 7.17. The highest BCUT2D eigenvalue weighted by atomic mass is 32.2. The van der Waals surface area contributed by atoms with Gasteiger partial charge < -0.3 is 10.1 Å². The maximum atomic E-state index is 5.38. The molecule has 2 atom stereocenters. The molecule has 1 aliphatic heterocycles. The van der Waals surface area contributed by atoms with Crippen molar-refractivity contribution in [1.29, 1.82) is 0 Å². The van der Waals surface area contributed by atoms with Gasteiger partial charge in [0.05, 0.1) is 12.6 Å². The molecule has 0 radical (unpaired) electrons. The standard InChI is InChI=1S/C12H24N2OS/c1-5-15-8-10(4)13-12-14-11(9(2)3)6-7-16-12/h9-11H,5-8H2,1-4H3,(H,13,14). The zero-order valence-corrected chi connectivity index (χ0v) is 11.6. The maximum Gasteiger partial charge on any atom is 0.157 e. The van der Waals surface area contributed by atoms with E-state index in [1.165, 1.54) is 12.2 Å². The van der Waals surface area contributed by atoms with Crippen molar-refractivity contribution in [2.75, 3.05) is 19.0 Å². The van der Waals surface area contributed by atoms with Gasteiger partial charge in [0.25, 0.3) is 0 Å². The van der Waals surface area contributed by atoms with E-state index in [0.717, 1.165) is 18.4 Å². The van der Waals surface area contributed by atoms with Crippen molar-refractivity contribution in [3.63, 3.8) is 0 Å². The molecule has 0 aromatic rings. The lowest BCUT2D eigenvalue weighted by Gasteiger charge is -2.25. The third-order valence-corrected chi connectivity index (χ3v) is 3.58. The van der Waals surface area contributed by atoms with Crippen molar-refractivity contribution >= 4 is 16.9 Å². The van der Waals surface area contributed by atoms with Crippen LogP contribution in [0.4, 0.5) is 0 Å². The van der Waals surface area contributed by atoms with E-state index in [2.05, 4.69) is 26.1 Å². The predicted molar refractivity (Wildman–Crippen MR) is 72.2 cm³/mol. The van der Waals surface area contributed by atoms with Gasteiger partial charge in [-0.25, -0.2) is 0 Å². The van der Waals surface area contributed by atoms with Crippen molar-refractivity contribution in [3.8, 4) is 0 Å². The summed E-state index contributed by atoms with van der Waals surface area (Å²) in [7, 11) is 0. The van der Waals surface area contributed by atoms with E-state index < -0.39 is 0 Å². The SMILES string of the molecule is CCOCC(C)NC1=NC(C(C)C)CCS1.